The topological polar surface area (TPSA) is 58.2 Å². The lowest BCUT2D eigenvalue weighted by atomic mass is 10.3. The van der Waals surface area contributed by atoms with E-state index in [9.17, 15) is 9.59 Å². The second-order valence-electron chi connectivity index (χ2n) is 3.73. The van der Waals surface area contributed by atoms with E-state index in [1.807, 2.05) is 0 Å². The highest BCUT2D eigenvalue weighted by Gasteiger charge is 2.22. The highest BCUT2D eigenvalue weighted by atomic mass is 79.9. The zero-order valence-electron chi connectivity index (χ0n) is 8.72. The summed E-state index contributed by atoms with van der Waals surface area (Å²) in [5.74, 6) is 0.140. The molecule has 0 aliphatic heterocycles. The van der Waals surface area contributed by atoms with Gasteiger partial charge in [0.05, 0.1) is 0 Å². The van der Waals surface area contributed by atoms with Gasteiger partial charge in [0.1, 0.15) is 0 Å². The summed E-state index contributed by atoms with van der Waals surface area (Å²) in [6.07, 6.45) is 3.95. The van der Waals surface area contributed by atoms with Gasteiger partial charge in [0, 0.05) is 30.8 Å². The van der Waals surface area contributed by atoms with Gasteiger partial charge in [0.15, 0.2) is 0 Å². The Morgan fingerprint density at radius 3 is 2.53 bits per heavy atom. The van der Waals surface area contributed by atoms with E-state index in [4.69, 9.17) is 0 Å². The Morgan fingerprint density at radius 2 is 1.93 bits per heavy atom. The Bertz CT molecular complexity index is 229. The largest absolute Gasteiger partial charge is 0.356 e. The minimum absolute atomic E-state index is 0.0366. The molecule has 4 nitrogen and oxygen atoms in total. The molecule has 0 heterocycles. The van der Waals surface area contributed by atoms with E-state index in [-0.39, 0.29) is 11.8 Å². The monoisotopic (exact) mass is 276 g/mol. The van der Waals surface area contributed by atoms with Crippen LogP contribution in [0.4, 0.5) is 0 Å². The molecule has 86 valence electrons. The molecule has 0 aromatic rings. The fraction of sp³-hybridized carbons (Fsp3) is 0.800. The summed E-state index contributed by atoms with van der Waals surface area (Å²) in [5, 5.41) is 6.35. The Kier molecular flexibility index (Phi) is 5.68. The van der Waals surface area contributed by atoms with E-state index in [2.05, 4.69) is 26.6 Å². The zero-order valence-corrected chi connectivity index (χ0v) is 10.3. The summed E-state index contributed by atoms with van der Waals surface area (Å²) in [4.78, 5) is 22.3. The van der Waals surface area contributed by atoms with Crippen molar-refractivity contribution in [3.05, 3.63) is 0 Å². The molecular weight excluding hydrogens is 260 g/mol. The van der Waals surface area contributed by atoms with Crippen LogP contribution in [-0.4, -0.2) is 29.7 Å². The van der Waals surface area contributed by atoms with Crippen LogP contribution in [-0.2, 0) is 9.59 Å². The second-order valence-corrected chi connectivity index (χ2v) is 4.53. The zero-order chi connectivity index (χ0) is 11.1. The number of alkyl halides is 1. The maximum atomic E-state index is 11.2. The molecule has 2 amide bonds. The lowest BCUT2D eigenvalue weighted by molar-refractivity contribution is -0.122. The van der Waals surface area contributed by atoms with E-state index in [0.29, 0.717) is 37.2 Å². The molecule has 1 saturated carbocycles. The summed E-state index contributed by atoms with van der Waals surface area (Å²) in [6.45, 7) is 0.587. The van der Waals surface area contributed by atoms with Crippen molar-refractivity contribution in [2.75, 3.05) is 11.9 Å². The lowest BCUT2D eigenvalue weighted by Crippen LogP contribution is -2.28. The molecule has 1 fully saturated rings. The lowest BCUT2D eigenvalue weighted by Gasteiger charge is -2.04. The maximum absolute atomic E-state index is 11.2. The van der Waals surface area contributed by atoms with Crippen LogP contribution in [0.15, 0.2) is 0 Å². The molecule has 0 aromatic heterocycles. The molecule has 1 aliphatic carbocycles. The molecule has 0 bridgehead atoms. The number of amides is 2. The van der Waals surface area contributed by atoms with Crippen LogP contribution in [0.25, 0.3) is 0 Å². The minimum Gasteiger partial charge on any atom is -0.356 e. The number of hydrogen-bond acceptors (Lipinski definition) is 2. The number of carbonyl (C=O) groups is 2. The van der Waals surface area contributed by atoms with Gasteiger partial charge in [0.25, 0.3) is 0 Å². The first-order valence-electron chi connectivity index (χ1n) is 5.34. The summed E-state index contributed by atoms with van der Waals surface area (Å²) in [7, 11) is 0. The van der Waals surface area contributed by atoms with Gasteiger partial charge in [0.2, 0.25) is 11.8 Å². The maximum Gasteiger partial charge on any atom is 0.220 e. The molecular formula is C10H17BrN2O2. The van der Waals surface area contributed by atoms with Crippen molar-refractivity contribution in [3.63, 3.8) is 0 Å². The van der Waals surface area contributed by atoms with Crippen molar-refractivity contribution in [2.45, 2.75) is 38.1 Å². The molecule has 0 atom stereocenters. The van der Waals surface area contributed by atoms with E-state index >= 15 is 0 Å². The molecule has 0 spiro atoms. The molecule has 1 rings (SSSR count). The summed E-state index contributed by atoms with van der Waals surface area (Å²) >= 11 is 3.19. The highest BCUT2D eigenvalue weighted by molar-refractivity contribution is 9.09. The summed E-state index contributed by atoms with van der Waals surface area (Å²) in [5.41, 5.74) is 0. The normalized spacial score (nSPS) is 14.7. The average molecular weight is 277 g/mol. The number of carbonyl (C=O) groups excluding carboxylic acids is 2. The number of nitrogens with one attached hydrogen (secondary N) is 2. The fourth-order valence-corrected chi connectivity index (χ4v) is 1.54. The van der Waals surface area contributed by atoms with Gasteiger partial charge < -0.3 is 10.6 Å². The van der Waals surface area contributed by atoms with Crippen LogP contribution in [0, 0.1) is 0 Å². The van der Waals surface area contributed by atoms with Crippen LogP contribution < -0.4 is 10.6 Å². The second kappa shape index (κ2) is 6.82. The molecule has 0 aromatic carbocycles. The Morgan fingerprint density at radius 1 is 1.20 bits per heavy atom. The van der Waals surface area contributed by atoms with Crippen LogP contribution in [0.3, 0.4) is 0 Å². The third-order valence-corrected chi connectivity index (χ3v) is 2.56. The predicted molar refractivity (Wildman–Crippen MR) is 61.8 cm³/mol. The van der Waals surface area contributed by atoms with E-state index in [1.54, 1.807) is 0 Å². The molecule has 0 unspecified atom stereocenters. The average Bonchev–Trinajstić information content (AvgIpc) is 2.97. The Hall–Kier alpha value is -0.580. The van der Waals surface area contributed by atoms with Crippen molar-refractivity contribution in [1.82, 2.24) is 10.6 Å². The van der Waals surface area contributed by atoms with Gasteiger partial charge in [-0.15, -0.1) is 0 Å². The first-order chi connectivity index (χ1) is 7.22. The quantitative estimate of drug-likeness (QED) is 0.537. The Labute approximate surface area is 98.3 Å². The SMILES string of the molecule is O=C(CCBr)NCCCC(=O)NC1CC1. The van der Waals surface area contributed by atoms with Gasteiger partial charge in [-0.05, 0) is 19.3 Å². The number of hydrogen-bond donors (Lipinski definition) is 2. The van der Waals surface area contributed by atoms with Crippen molar-refractivity contribution in [2.24, 2.45) is 0 Å². The fourth-order valence-electron chi connectivity index (χ4n) is 1.18. The molecule has 2 N–H and O–H groups in total. The number of halogens is 1. The molecule has 0 radical (unpaired) electrons. The summed E-state index contributed by atoms with van der Waals surface area (Å²) in [6, 6.07) is 0.431. The molecule has 15 heavy (non-hydrogen) atoms. The third kappa shape index (κ3) is 6.49. The van der Waals surface area contributed by atoms with Crippen molar-refractivity contribution >= 4 is 27.7 Å². The number of rotatable bonds is 7. The van der Waals surface area contributed by atoms with Gasteiger partial charge in [-0.2, -0.15) is 0 Å². The van der Waals surface area contributed by atoms with Crippen LogP contribution >= 0.6 is 15.9 Å². The minimum atomic E-state index is 0.0366. The van der Waals surface area contributed by atoms with Crippen LogP contribution in [0.1, 0.15) is 32.1 Å². The molecule has 5 heteroatoms. The van der Waals surface area contributed by atoms with Crippen LogP contribution in [0.5, 0.6) is 0 Å². The van der Waals surface area contributed by atoms with Crippen molar-refractivity contribution in [1.29, 1.82) is 0 Å². The smallest absolute Gasteiger partial charge is 0.220 e. The van der Waals surface area contributed by atoms with Gasteiger partial charge in [-0.1, -0.05) is 15.9 Å². The Balaban J connectivity index is 1.91. The van der Waals surface area contributed by atoms with E-state index in [1.165, 1.54) is 0 Å². The third-order valence-electron chi connectivity index (χ3n) is 2.17. The first kappa shape index (κ1) is 12.5. The van der Waals surface area contributed by atoms with Gasteiger partial charge in [-0.3, -0.25) is 9.59 Å². The van der Waals surface area contributed by atoms with Crippen LogP contribution in [0.2, 0.25) is 0 Å². The standard InChI is InChI=1S/C10H17BrN2O2/c11-6-5-9(14)12-7-1-2-10(15)13-8-3-4-8/h8H,1-7H2,(H,12,14)(H,13,15). The van der Waals surface area contributed by atoms with E-state index < -0.39 is 0 Å². The highest BCUT2D eigenvalue weighted by Crippen LogP contribution is 2.18. The first-order valence-corrected chi connectivity index (χ1v) is 6.46. The van der Waals surface area contributed by atoms with Crippen molar-refractivity contribution < 1.29 is 9.59 Å². The molecule has 0 saturated heterocycles. The summed E-state index contributed by atoms with van der Waals surface area (Å²) < 4.78 is 0. The van der Waals surface area contributed by atoms with Gasteiger partial charge in [-0.25, -0.2) is 0 Å². The van der Waals surface area contributed by atoms with Gasteiger partial charge >= 0.3 is 0 Å². The van der Waals surface area contributed by atoms with E-state index in [0.717, 1.165) is 12.8 Å². The molecule has 1 aliphatic rings. The predicted octanol–water partition coefficient (Wildman–Crippen LogP) is 0.946. The van der Waals surface area contributed by atoms with Crippen molar-refractivity contribution in [3.8, 4) is 0 Å².